The van der Waals surface area contributed by atoms with Crippen LogP contribution >= 0.6 is 27.8 Å². The van der Waals surface area contributed by atoms with E-state index in [1.807, 2.05) is 72.8 Å². The third kappa shape index (κ3) is 3.48. The van der Waals surface area contributed by atoms with Crippen molar-refractivity contribution in [2.24, 2.45) is 0 Å². The molecule has 3 rings (SSSR count). The standard InChI is InChI=1S/C21H21Cl2O3P/c1-24-16-4-10-19(11-5-16)27(22,23,20-12-6-17(25-2)7-13-20)21-14-8-18(26-3)9-15-21/h4-15H,1-3H3. The Morgan fingerprint density at radius 1 is 0.481 bits per heavy atom. The van der Waals surface area contributed by atoms with Crippen LogP contribution in [0.15, 0.2) is 72.8 Å². The molecule has 0 saturated heterocycles. The van der Waals surface area contributed by atoms with Crippen molar-refractivity contribution in [3.05, 3.63) is 72.8 Å². The van der Waals surface area contributed by atoms with Crippen LogP contribution in [0.2, 0.25) is 0 Å². The first-order valence-corrected chi connectivity index (χ1v) is 12.4. The fraction of sp³-hybridized carbons (Fsp3) is 0.143. The summed E-state index contributed by atoms with van der Waals surface area (Å²) in [6, 6.07) is 22.7. The van der Waals surface area contributed by atoms with Gasteiger partial charge in [-0.05, 0) is 0 Å². The first kappa shape index (κ1) is 19.8. The number of halogens is 2. The van der Waals surface area contributed by atoms with Crippen LogP contribution in [0.4, 0.5) is 0 Å². The zero-order valence-electron chi connectivity index (χ0n) is 15.4. The van der Waals surface area contributed by atoms with Gasteiger partial charge in [-0.15, -0.1) is 0 Å². The van der Waals surface area contributed by atoms with Crippen LogP contribution in [0, 0.1) is 0 Å². The molecule has 0 amide bonds. The molecule has 0 unspecified atom stereocenters. The molecule has 142 valence electrons. The Kier molecular flexibility index (Phi) is 5.58. The molecule has 3 nitrogen and oxygen atoms in total. The van der Waals surface area contributed by atoms with E-state index < -0.39 is 5.31 Å². The van der Waals surface area contributed by atoms with Gasteiger partial charge in [0.2, 0.25) is 0 Å². The van der Waals surface area contributed by atoms with Crippen molar-refractivity contribution < 1.29 is 14.2 Å². The molecule has 27 heavy (non-hydrogen) atoms. The quantitative estimate of drug-likeness (QED) is 0.531. The maximum absolute atomic E-state index is 7.43. The summed E-state index contributed by atoms with van der Waals surface area (Å²) in [5.74, 6) is 2.24. The normalized spacial score (nSPS) is 12.7. The van der Waals surface area contributed by atoms with Crippen molar-refractivity contribution >= 4 is 43.7 Å². The van der Waals surface area contributed by atoms with Gasteiger partial charge >= 0.3 is 169 Å². The van der Waals surface area contributed by atoms with Gasteiger partial charge in [0.05, 0.1) is 0 Å². The SMILES string of the molecule is COc1ccc(P(Cl)(Cl)(c2ccc(OC)cc2)c2ccc(OC)cc2)cc1. The number of ether oxygens (including phenoxy) is 3. The fourth-order valence-electron chi connectivity index (χ4n) is 2.98. The van der Waals surface area contributed by atoms with Crippen LogP contribution in [0.3, 0.4) is 0 Å². The Bertz CT molecular complexity index is 785. The first-order chi connectivity index (χ1) is 12.9. The second-order valence-corrected chi connectivity index (χ2v) is 13.9. The molecule has 0 spiro atoms. The number of methoxy groups -OCH3 is 3. The molecular formula is C21H21Cl2O3P. The van der Waals surface area contributed by atoms with Gasteiger partial charge in [0.15, 0.2) is 0 Å². The minimum atomic E-state index is -3.71. The number of hydrogen-bond donors (Lipinski definition) is 0. The topological polar surface area (TPSA) is 27.7 Å². The third-order valence-corrected chi connectivity index (χ3v) is 11.7. The molecule has 0 saturated carbocycles. The van der Waals surface area contributed by atoms with Crippen LogP contribution < -0.4 is 30.1 Å². The summed E-state index contributed by atoms with van der Waals surface area (Å²) in [5, 5.41) is -1.21. The van der Waals surface area contributed by atoms with E-state index in [0.29, 0.717) is 0 Å². The van der Waals surface area contributed by atoms with Gasteiger partial charge in [-0.25, -0.2) is 0 Å². The Morgan fingerprint density at radius 3 is 0.889 bits per heavy atom. The Labute approximate surface area is 169 Å². The van der Waals surface area contributed by atoms with E-state index in [-0.39, 0.29) is 0 Å². The molecule has 0 N–H and O–H groups in total. The summed E-state index contributed by atoms with van der Waals surface area (Å²) in [6.45, 7) is 0. The molecule has 0 bridgehead atoms. The van der Waals surface area contributed by atoms with E-state index in [9.17, 15) is 0 Å². The molecule has 0 radical (unpaired) electrons. The Morgan fingerprint density at radius 2 is 0.704 bits per heavy atom. The van der Waals surface area contributed by atoms with Crippen LogP contribution in [-0.4, -0.2) is 21.3 Å². The minimum absolute atomic E-state index is 0.745. The van der Waals surface area contributed by atoms with Gasteiger partial charge in [-0.1, -0.05) is 0 Å². The van der Waals surface area contributed by atoms with E-state index in [4.69, 9.17) is 36.7 Å². The molecule has 0 aromatic heterocycles. The second kappa shape index (κ2) is 7.59. The van der Waals surface area contributed by atoms with Crippen LogP contribution in [0.1, 0.15) is 0 Å². The molecule has 0 aliphatic heterocycles. The predicted molar refractivity (Wildman–Crippen MR) is 117 cm³/mol. The van der Waals surface area contributed by atoms with Crippen molar-refractivity contribution in [3.8, 4) is 17.2 Å². The Balaban J connectivity index is 2.25. The summed E-state index contributed by atoms with van der Waals surface area (Å²) in [4.78, 5) is 0. The zero-order chi connectivity index (χ0) is 19.5. The van der Waals surface area contributed by atoms with Crippen LogP contribution in [0.5, 0.6) is 17.2 Å². The fourth-order valence-corrected chi connectivity index (χ4v) is 7.92. The van der Waals surface area contributed by atoms with Crippen molar-refractivity contribution in [3.63, 3.8) is 0 Å². The number of benzene rings is 3. The molecule has 3 aromatic rings. The van der Waals surface area contributed by atoms with E-state index in [1.165, 1.54) is 0 Å². The molecule has 6 heteroatoms. The Hall–Kier alpha value is -1.93. The van der Waals surface area contributed by atoms with Gasteiger partial charge in [0.25, 0.3) is 0 Å². The average molecular weight is 423 g/mol. The molecule has 0 heterocycles. The van der Waals surface area contributed by atoms with Gasteiger partial charge < -0.3 is 0 Å². The molecule has 0 atom stereocenters. The summed E-state index contributed by atoms with van der Waals surface area (Å²) in [6.07, 6.45) is 0. The van der Waals surface area contributed by atoms with Gasteiger partial charge in [0.1, 0.15) is 0 Å². The van der Waals surface area contributed by atoms with Crippen molar-refractivity contribution in [2.45, 2.75) is 0 Å². The third-order valence-electron chi connectivity index (χ3n) is 4.58. The molecular weight excluding hydrogens is 402 g/mol. The summed E-state index contributed by atoms with van der Waals surface area (Å²) in [5.41, 5.74) is 0. The van der Waals surface area contributed by atoms with Crippen LogP contribution in [-0.2, 0) is 0 Å². The second-order valence-electron chi connectivity index (χ2n) is 6.00. The van der Waals surface area contributed by atoms with Gasteiger partial charge in [-0.3, -0.25) is 0 Å². The van der Waals surface area contributed by atoms with Crippen molar-refractivity contribution in [1.82, 2.24) is 0 Å². The number of hydrogen-bond acceptors (Lipinski definition) is 3. The predicted octanol–water partition coefficient (Wildman–Crippen LogP) is 4.85. The summed E-state index contributed by atoms with van der Waals surface area (Å²) in [7, 11) is 4.88. The molecule has 0 fully saturated rings. The summed E-state index contributed by atoms with van der Waals surface area (Å²) < 4.78 is 15.8. The number of rotatable bonds is 6. The van der Waals surface area contributed by atoms with Crippen LogP contribution in [0.25, 0.3) is 0 Å². The van der Waals surface area contributed by atoms with E-state index in [0.717, 1.165) is 33.2 Å². The van der Waals surface area contributed by atoms with Crippen molar-refractivity contribution in [2.75, 3.05) is 21.3 Å². The van der Waals surface area contributed by atoms with Gasteiger partial charge in [-0.2, -0.15) is 0 Å². The zero-order valence-corrected chi connectivity index (χ0v) is 17.8. The van der Waals surface area contributed by atoms with Gasteiger partial charge in [0, 0.05) is 0 Å². The summed E-state index contributed by atoms with van der Waals surface area (Å²) >= 11 is 14.9. The molecule has 0 aliphatic rings. The average Bonchev–Trinajstić information content (AvgIpc) is 2.74. The van der Waals surface area contributed by atoms with E-state index in [2.05, 4.69) is 0 Å². The molecule has 3 aromatic carbocycles. The van der Waals surface area contributed by atoms with E-state index >= 15 is 0 Å². The maximum atomic E-state index is 7.43. The van der Waals surface area contributed by atoms with E-state index in [1.54, 1.807) is 21.3 Å². The monoisotopic (exact) mass is 422 g/mol. The molecule has 0 aliphatic carbocycles. The van der Waals surface area contributed by atoms with Crippen molar-refractivity contribution in [1.29, 1.82) is 0 Å². The first-order valence-electron chi connectivity index (χ1n) is 8.31.